The predicted octanol–water partition coefficient (Wildman–Crippen LogP) is 3.41. The second kappa shape index (κ2) is 7.39. The summed E-state index contributed by atoms with van der Waals surface area (Å²) in [5.41, 5.74) is 10.6. The minimum atomic E-state index is -2.95. The largest absolute Gasteiger partial charge is 0.366 e. The lowest BCUT2D eigenvalue weighted by atomic mass is 9.91. The predicted molar refractivity (Wildman–Crippen MR) is 120 cm³/mol. The van der Waals surface area contributed by atoms with Crippen LogP contribution in [-0.4, -0.2) is 40.6 Å². The number of nitrogens with zero attached hydrogens (tertiary/aromatic N) is 2. The molecule has 1 aliphatic rings. The number of carbonyl (C=O) groups excluding carboxylic acids is 1. The third-order valence-electron chi connectivity index (χ3n) is 6.03. The molecule has 2 aromatic heterocycles. The van der Waals surface area contributed by atoms with Crippen LogP contribution in [0.4, 0.5) is 0 Å². The summed E-state index contributed by atoms with van der Waals surface area (Å²) in [6.07, 6.45) is 6.66. The number of nitrogens with two attached hydrogens (primary N) is 1. The van der Waals surface area contributed by atoms with Gasteiger partial charge in [0.25, 0.3) is 5.91 Å². The van der Waals surface area contributed by atoms with Gasteiger partial charge in [-0.2, -0.15) is 5.10 Å². The highest BCUT2D eigenvalue weighted by molar-refractivity contribution is 7.91. The van der Waals surface area contributed by atoms with Gasteiger partial charge in [-0.15, -0.1) is 0 Å². The maximum atomic E-state index is 12.2. The Hall–Kier alpha value is -3.39. The van der Waals surface area contributed by atoms with Crippen LogP contribution in [0.15, 0.2) is 61.1 Å². The van der Waals surface area contributed by atoms with E-state index in [0.29, 0.717) is 23.9 Å². The Morgan fingerprint density at radius 1 is 1.10 bits per heavy atom. The molecule has 0 spiro atoms. The molecule has 158 valence electrons. The van der Waals surface area contributed by atoms with Gasteiger partial charge in [-0.1, -0.05) is 12.1 Å². The van der Waals surface area contributed by atoms with Crippen LogP contribution in [0.2, 0.25) is 0 Å². The number of rotatable bonds is 4. The Bertz CT molecular complexity index is 1370. The van der Waals surface area contributed by atoms with Crippen LogP contribution in [0.5, 0.6) is 0 Å². The summed E-state index contributed by atoms with van der Waals surface area (Å²) >= 11 is 0. The van der Waals surface area contributed by atoms with Crippen LogP contribution in [0.25, 0.3) is 27.7 Å². The first-order valence-electron chi connectivity index (χ1n) is 10.2. The highest BCUT2D eigenvalue weighted by Crippen LogP contribution is 2.37. The number of primary amides is 1. The Morgan fingerprint density at radius 3 is 2.61 bits per heavy atom. The lowest BCUT2D eigenvalue weighted by molar-refractivity contribution is 0.100. The van der Waals surface area contributed by atoms with Crippen molar-refractivity contribution in [3.05, 3.63) is 72.2 Å². The molecule has 1 amide bonds. The summed E-state index contributed by atoms with van der Waals surface area (Å²) in [5.74, 6) is 0.00964. The molecule has 2 aromatic carbocycles. The first kappa shape index (κ1) is 19.6. The summed E-state index contributed by atoms with van der Waals surface area (Å²) < 4.78 is 25.5. The Balaban J connectivity index is 1.63. The molecule has 3 N–H and O–H groups in total. The molecule has 4 aromatic rings. The molecule has 1 fully saturated rings. The van der Waals surface area contributed by atoms with Crippen molar-refractivity contribution in [3.63, 3.8) is 0 Å². The summed E-state index contributed by atoms with van der Waals surface area (Å²) in [4.78, 5) is 15.4. The van der Waals surface area contributed by atoms with Gasteiger partial charge in [-0.25, -0.2) is 13.1 Å². The van der Waals surface area contributed by atoms with E-state index < -0.39 is 15.7 Å². The zero-order valence-corrected chi connectivity index (χ0v) is 17.6. The topological polar surface area (TPSA) is 111 Å². The van der Waals surface area contributed by atoms with Crippen molar-refractivity contribution in [2.75, 3.05) is 11.5 Å². The van der Waals surface area contributed by atoms with E-state index in [2.05, 4.69) is 16.1 Å². The highest BCUT2D eigenvalue weighted by atomic mass is 32.2. The van der Waals surface area contributed by atoms with E-state index in [1.54, 1.807) is 16.9 Å². The van der Waals surface area contributed by atoms with Crippen molar-refractivity contribution in [1.82, 2.24) is 14.8 Å². The van der Waals surface area contributed by atoms with Crippen molar-refractivity contribution in [2.45, 2.75) is 18.8 Å². The SMILES string of the molecule is NC(=O)c1cc(-c2cccc(-n3cccn3)c2)cc2c(C3CCS(=O)(=O)CC3)c[nH]c12. The van der Waals surface area contributed by atoms with Gasteiger partial charge in [0.15, 0.2) is 0 Å². The molecule has 5 rings (SSSR count). The molecular formula is C23H22N4O3S. The molecular weight excluding hydrogens is 412 g/mol. The Labute approximate surface area is 179 Å². The van der Waals surface area contributed by atoms with E-state index in [4.69, 9.17) is 5.73 Å². The van der Waals surface area contributed by atoms with E-state index in [1.165, 1.54) is 0 Å². The third kappa shape index (κ3) is 3.63. The van der Waals surface area contributed by atoms with E-state index >= 15 is 0 Å². The number of amides is 1. The summed E-state index contributed by atoms with van der Waals surface area (Å²) in [7, 11) is -2.95. The Morgan fingerprint density at radius 2 is 1.90 bits per heavy atom. The standard InChI is InChI=1S/C23H22N4O3S/c24-23(28)20-13-17(16-3-1-4-18(11-16)27-8-2-7-26-27)12-19-21(14-25-22(19)20)15-5-9-31(29,30)10-6-15/h1-4,7-8,11-15,25H,5-6,9-10H2,(H2,24,28). The van der Waals surface area contributed by atoms with Gasteiger partial charge in [0.1, 0.15) is 9.84 Å². The quantitative estimate of drug-likeness (QED) is 0.513. The van der Waals surface area contributed by atoms with Crippen molar-refractivity contribution >= 4 is 26.6 Å². The average Bonchev–Trinajstić information content (AvgIpc) is 3.43. The number of hydrogen-bond donors (Lipinski definition) is 2. The first-order chi connectivity index (χ1) is 14.9. The van der Waals surface area contributed by atoms with Crippen LogP contribution >= 0.6 is 0 Å². The minimum Gasteiger partial charge on any atom is -0.366 e. The normalized spacial score (nSPS) is 16.5. The number of H-pyrrole nitrogens is 1. The molecule has 0 radical (unpaired) electrons. The van der Waals surface area contributed by atoms with Crippen molar-refractivity contribution < 1.29 is 13.2 Å². The summed E-state index contributed by atoms with van der Waals surface area (Å²) in [5, 5.41) is 5.20. The van der Waals surface area contributed by atoms with Crippen molar-refractivity contribution in [1.29, 1.82) is 0 Å². The van der Waals surface area contributed by atoms with Crippen molar-refractivity contribution in [2.24, 2.45) is 5.73 Å². The zero-order valence-electron chi connectivity index (χ0n) is 16.8. The highest BCUT2D eigenvalue weighted by Gasteiger charge is 2.27. The number of nitrogens with one attached hydrogen (secondary N) is 1. The molecule has 0 atom stereocenters. The number of aromatic amines is 1. The average molecular weight is 435 g/mol. The summed E-state index contributed by atoms with van der Waals surface area (Å²) in [6, 6.07) is 13.6. The number of hydrogen-bond acceptors (Lipinski definition) is 4. The maximum Gasteiger partial charge on any atom is 0.250 e. The number of sulfone groups is 1. The molecule has 0 aliphatic carbocycles. The van der Waals surface area contributed by atoms with Gasteiger partial charge in [0.05, 0.1) is 28.3 Å². The van der Waals surface area contributed by atoms with Gasteiger partial charge in [-0.05, 0) is 65.8 Å². The lowest BCUT2D eigenvalue weighted by Crippen LogP contribution is -2.22. The fourth-order valence-corrected chi connectivity index (χ4v) is 5.89. The van der Waals surface area contributed by atoms with Gasteiger partial charge in [0, 0.05) is 24.0 Å². The number of carbonyl (C=O) groups is 1. The molecule has 31 heavy (non-hydrogen) atoms. The van der Waals surface area contributed by atoms with E-state index in [1.807, 2.05) is 42.7 Å². The fourth-order valence-electron chi connectivity index (χ4n) is 4.40. The maximum absolute atomic E-state index is 12.2. The Kier molecular flexibility index (Phi) is 4.66. The lowest BCUT2D eigenvalue weighted by Gasteiger charge is -2.21. The second-order valence-corrected chi connectivity index (χ2v) is 10.3. The molecule has 1 aliphatic heterocycles. The van der Waals surface area contributed by atoms with Gasteiger partial charge < -0.3 is 10.7 Å². The molecule has 3 heterocycles. The number of aromatic nitrogens is 3. The van der Waals surface area contributed by atoms with Gasteiger partial charge >= 0.3 is 0 Å². The third-order valence-corrected chi connectivity index (χ3v) is 7.75. The van der Waals surface area contributed by atoms with E-state index in [0.717, 1.165) is 27.8 Å². The van der Waals surface area contributed by atoms with E-state index in [9.17, 15) is 13.2 Å². The smallest absolute Gasteiger partial charge is 0.250 e. The van der Waals surface area contributed by atoms with Gasteiger partial charge in [0.2, 0.25) is 0 Å². The van der Waals surface area contributed by atoms with Crippen LogP contribution < -0.4 is 5.73 Å². The molecule has 0 saturated carbocycles. The molecule has 7 nitrogen and oxygen atoms in total. The van der Waals surface area contributed by atoms with Crippen LogP contribution in [0.3, 0.4) is 0 Å². The van der Waals surface area contributed by atoms with E-state index in [-0.39, 0.29) is 17.4 Å². The minimum absolute atomic E-state index is 0.128. The zero-order chi connectivity index (χ0) is 21.6. The molecule has 8 heteroatoms. The molecule has 0 bridgehead atoms. The van der Waals surface area contributed by atoms with Crippen LogP contribution in [0, 0.1) is 0 Å². The van der Waals surface area contributed by atoms with Crippen LogP contribution in [-0.2, 0) is 9.84 Å². The second-order valence-electron chi connectivity index (χ2n) is 7.98. The molecule has 0 unspecified atom stereocenters. The van der Waals surface area contributed by atoms with Crippen molar-refractivity contribution in [3.8, 4) is 16.8 Å². The fraction of sp³-hybridized carbons (Fsp3) is 0.217. The number of fused-ring (bicyclic) bond motifs is 1. The first-order valence-corrected chi connectivity index (χ1v) is 12.0. The molecule has 1 saturated heterocycles. The monoisotopic (exact) mass is 434 g/mol. The van der Waals surface area contributed by atoms with Gasteiger partial charge in [-0.3, -0.25) is 4.79 Å². The number of benzene rings is 2. The van der Waals surface area contributed by atoms with Crippen LogP contribution in [0.1, 0.15) is 34.7 Å². The summed E-state index contributed by atoms with van der Waals surface area (Å²) in [6.45, 7) is 0.